The van der Waals surface area contributed by atoms with E-state index in [1.54, 1.807) is 48.5 Å². The highest BCUT2D eigenvalue weighted by Gasteiger charge is 2.19. The van der Waals surface area contributed by atoms with Crippen molar-refractivity contribution in [3.8, 4) is 0 Å². The maximum Gasteiger partial charge on any atom is 0.326 e. The third kappa shape index (κ3) is 4.51. The average Bonchev–Trinajstić information content (AvgIpc) is 2.54. The average molecular weight is 311 g/mol. The van der Waals surface area contributed by atoms with Crippen LogP contribution in [0.4, 0.5) is 0 Å². The first-order chi connectivity index (χ1) is 11.0. The van der Waals surface area contributed by atoms with Gasteiger partial charge in [0.05, 0.1) is 0 Å². The smallest absolute Gasteiger partial charge is 0.326 e. The van der Waals surface area contributed by atoms with E-state index in [0.717, 1.165) is 0 Å². The van der Waals surface area contributed by atoms with Gasteiger partial charge in [-0.3, -0.25) is 9.59 Å². The maximum atomic E-state index is 12.4. The molecule has 1 unspecified atom stereocenters. The van der Waals surface area contributed by atoms with E-state index in [1.807, 2.05) is 6.07 Å². The first-order valence-corrected chi connectivity index (χ1v) is 7.16. The number of rotatable bonds is 6. The quantitative estimate of drug-likeness (QED) is 0.800. The molecule has 23 heavy (non-hydrogen) atoms. The zero-order valence-electron chi connectivity index (χ0n) is 12.7. The molecule has 0 spiro atoms. The molecule has 2 rings (SSSR count). The SMILES string of the molecule is CC(=O)NC(Cc1cccc(C(=O)c2ccccc2)c1)C(=O)O. The molecular weight excluding hydrogens is 294 g/mol. The van der Waals surface area contributed by atoms with Crippen LogP contribution in [0.3, 0.4) is 0 Å². The highest BCUT2D eigenvalue weighted by atomic mass is 16.4. The lowest BCUT2D eigenvalue weighted by Crippen LogP contribution is -2.41. The number of hydrogen-bond donors (Lipinski definition) is 2. The van der Waals surface area contributed by atoms with Crippen LogP contribution in [0.1, 0.15) is 28.4 Å². The summed E-state index contributed by atoms with van der Waals surface area (Å²) in [4.78, 5) is 34.7. The van der Waals surface area contributed by atoms with Crippen molar-refractivity contribution in [1.29, 1.82) is 0 Å². The summed E-state index contributed by atoms with van der Waals surface area (Å²) in [6.07, 6.45) is 0.116. The number of benzene rings is 2. The summed E-state index contributed by atoms with van der Waals surface area (Å²) in [5.74, 6) is -1.65. The minimum atomic E-state index is -1.11. The second kappa shape index (κ2) is 7.35. The highest BCUT2D eigenvalue weighted by molar-refractivity contribution is 6.09. The van der Waals surface area contributed by atoms with Crippen molar-refractivity contribution in [3.05, 3.63) is 71.3 Å². The molecule has 0 aromatic heterocycles. The molecule has 0 saturated carbocycles. The number of carboxylic acid groups (broad SMARTS) is 1. The summed E-state index contributed by atoms with van der Waals surface area (Å²) in [6.45, 7) is 1.27. The summed E-state index contributed by atoms with van der Waals surface area (Å²) >= 11 is 0. The molecule has 118 valence electrons. The topological polar surface area (TPSA) is 83.5 Å². The van der Waals surface area contributed by atoms with Gasteiger partial charge in [0.15, 0.2) is 5.78 Å². The van der Waals surface area contributed by atoms with E-state index in [9.17, 15) is 14.4 Å². The first kappa shape index (κ1) is 16.4. The van der Waals surface area contributed by atoms with E-state index in [-0.39, 0.29) is 12.2 Å². The second-order valence-corrected chi connectivity index (χ2v) is 5.19. The Morgan fingerprint density at radius 3 is 2.26 bits per heavy atom. The third-order valence-electron chi connectivity index (χ3n) is 3.34. The van der Waals surface area contributed by atoms with Crippen LogP contribution in [0.5, 0.6) is 0 Å². The monoisotopic (exact) mass is 311 g/mol. The molecule has 0 aliphatic rings. The molecule has 0 radical (unpaired) electrons. The van der Waals surface area contributed by atoms with E-state index < -0.39 is 17.9 Å². The number of hydrogen-bond acceptors (Lipinski definition) is 3. The Morgan fingerprint density at radius 2 is 1.65 bits per heavy atom. The number of carbonyl (C=O) groups excluding carboxylic acids is 2. The Bertz CT molecular complexity index is 725. The summed E-state index contributed by atoms with van der Waals surface area (Å²) in [5, 5.41) is 11.5. The van der Waals surface area contributed by atoms with Crippen LogP contribution in [0.2, 0.25) is 0 Å². The Morgan fingerprint density at radius 1 is 1.00 bits per heavy atom. The number of carboxylic acids is 1. The van der Waals surface area contributed by atoms with Crippen LogP contribution >= 0.6 is 0 Å². The zero-order chi connectivity index (χ0) is 16.8. The lowest BCUT2D eigenvalue weighted by Gasteiger charge is -2.13. The Hall–Kier alpha value is -2.95. The minimum absolute atomic E-state index is 0.116. The molecule has 5 nitrogen and oxygen atoms in total. The van der Waals surface area contributed by atoms with Gasteiger partial charge in [-0.15, -0.1) is 0 Å². The largest absolute Gasteiger partial charge is 0.480 e. The number of amides is 1. The van der Waals surface area contributed by atoms with Crippen molar-refractivity contribution < 1.29 is 19.5 Å². The molecule has 5 heteroatoms. The van der Waals surface area contributed by atoms with Crippen LogP contribution in [0.15, 0.2) is 54.6 Å². The van der Waals surface area contributed by atoms with Gasteiger partial charge in [-0.05, 0) is 11.6 Å². The van der Waals surface area contributed by atoms with Gasteiger partial charge in [-0.1, -0.05) is 48.5 Å². The fourth-order valence-corrected chi connectivity index (χ4v) is 2.28. The van der Waals surface area contributed by atoms with E-state index in [4.69, 9.17) is 5.11 Å². The fourth-order valence-electron chi connectivity index (χ4n) is 2.28. The minimum Gasteiger partial charge on any atom is -0.480 e. The van der Waals surface area contributed by atoms with Crippen LogP contribution < -0.4 is 5.32 Å². The molecule has 0 bridgehead atoms. The predicted molar refractivity (Wildman–Crippen MR) is 85.3 cm³/mol. The fraction of sp³-hybridized carbons (Fsp3) is 0.167. The van der Waals surface area contributed by atoms with E-state index >= 15 is 0 Å². The number of aliphatic carboxylic acids is 1. The standard InChI is InChI=1S/C18H17NO4/c1-12(20)19-16(18(22)23)11-13-6-5-9-15(10-13)17(21)14-7-3-2-4-8-14/h2-10,16H,11H2,1H3,(H,19,20)(H,22,23). The summed E-state index contributed by atoms with van der Waals surface area (Å²) in [7, 11) is 0. The van der Waals surface area contributed by atoms with Gasteiger partial charge >= 0.3 is 5.97 Å². The Balaban J connectivity index is 2.21. The van der Waals surface area contributed by atoms with Crippen molar-refractivity contribution in [1.82, 2.24) is 5.32 Å². The van der Waals surface area contributed by atoms with Crippen molar-refractivity contribution in [2.24, 2.45) is 0 Å². The summed E-state index contributed by atoms with van der Waals surface area (Å²) in [6, 6.07) is 14.6. The molecular formula is C18H17NO4. The summed E-state index contributed by atoms with van der Waals surface area (Å²) in [5.41, 5.74) is 1.73. The molecule has 0 saturated heterocycles. The van der Waals surface area contributed by atoms with Gasteiger partial charge in [-0.25, -0.2) is 4.79 Å². The van der Waals surface area contributed by atoms with Gasteiger partial charge in [-0.2, -0.15) is 0 Å². The second-order valence-electron chi connectivity index (χ2n) is 5.19. The van der Waals surface area contributed by atoms with E-state index in [2.05, 4.69) is 5.32 Å². The van der Waals surface area contributed by atoms with Crippen molar-refractivity contribution in [3.63, 3.8) is 0 Å². The van der Waals surface area contributed by atoms with E-state index in [1.165, 1.54) is 6.92 Å². The van der Waals surface area contributed by atoms with Gasteiger partial charge in [0.25, 0.3) is 0 Å². The first-order valence-electron chi connectivity index (χ1n) is 7.16. The summed E-state index contributed by atoms with van der Waals surface area (Å²) < 4.78 is 0. The van der Waals surface area contributed by atoms with Crippen molar-refractivity contribution >= 4 is 17.7 Å². The van der Waals surface area contributed by atoms with Gasteiger partial charge < -0.3 is 10.4 Å². The molecule has 0 aliphatic heterocycles. The predicted octanol–water partition coefficient (Wildman–Crippen LogP) is 2.05. The third-order valence-corrected chi connectivity index (χ3v) is 3.34. The Labute approximate surface area is 134 Å². The number of carbonyl (C=O) groups is 3. The normalized spacial score (nSPS) is 11.5. The van der Waals surface area contributed by atoms with Crippen LogP contribution in [-0.2, 0) is 16.0 Å². The maximum absolute atomic E-state index is 12.4. The highest BCUT2D eigenvalue weighted by Crippen LogP contribution is 2.13. The van der Waals surface area contributed by atoms with Crippen LogP contribution in [0.25, 0.3) is 0 Å². The van der Waals surface area contributed by atoms with Gasteiger partial charge in [0, 0.05) is 24.5 Å². The molecule has 1 amide bonds. The Kier molecular flexibility index (Phi) is 5.25. The lowest BCUT2D eigenvalue weighted by molar-refractivity contribution is -0.141. The van der Waals surface area contributed by atoms with Crippen LogP contribution in [-0.4, -0.2) is 28.8 Å². The lowest BCUT2D eigenvalue weighted by atomic mass is 9.98. The number of nitrogens with one attached hydrogen (secondary N) is 1. The molecule has 0 fully saturated rings. The van der Waals surface area contributed by atoms with Crippen LogP contribution in [0, 0.1) is 0 Å². The van der Waals surface area contributed by atoms with Gasteiger partial charge in [0.2, 0.25) is 5.91 Å². The molecule has 2 aromatic rings. The number of ketones is 1. The van der Waals surface area contributed by atoms with E-state index in [0.29, 0.717) is 16.7 Å². The van der Waals surface area contributed by atoms with Crippen molar-refractivity contribution in [2.45, 2.75) is 19.4 Å². The van der Waals surface area contributed by atoms with Crippen molar-refractivity contribution in [2.75, 3.05) is 0 Å². The molecule has 0 aliphatic carbocycles. The molecule has 2 aromatic carbocycles. The molecule has 1 atom stereocenters. The zero-order valence-corrected chi connectivity index (χ0v) is 12.7. The van der Waals surface area contributed by atoms with Gasteiger partial charge in [0.1, 0.15) is 6.04 Å². The molecule has 2 N–H and O–H groups in total. The molecule has 0 heterocycles.